The zero-order valence-electron chi connectivity index (χ0n) is 17.8. The Morgan fingerprint density at radius 2 is 1.31 bits per heavy atom. The van der Waals surface area contributed by atoms with E-state index in [1.165, 1.54) is 19.2 Å². The highest BCUT2D eigenvalue weighted by Gasteiger charge is 2.23. The van der Waals surface area contributed by atoms with Crippen molar-refractivity contribution in [3.8, 4) is 5.75 Å². The molecule has 3 aromatic rings. The maximum Gasteiger partial charge on any atom is 0.274 e. The van der Waals surface area contributed by atoms with Crippen molar-refractivity contribution in [3.63, 3.8) is 0 Å². The Morgan fingerprint density at radius 1 is 0.833 bits per heavy atom. The third-order valence-corrected chi connectivity index (χ3v) is 5.25. The van der Waals surface area contributed by atoms with E-state index in [0.717, 1.165) is 18.2 Å². The number of methoxy groups -OCH3 is 1. The maximum atomic E-state index is 14.3. The molecular formula is C21H12Cl2F2N4O7. The van der Waals surface area contributed by atoms with Crippen LogP contribution in [0.3, 0.4) is 0 Å². The Morgan fingerprint density at radius 3 is 1.72 bits per heavy atom. The summed E-state index contributed by atoms with van der Waals surface area (Å²) >= 11 is 11.7. The number of anilines is 2. The first kappa shape index (κ1) is 26.2. The molecule has 0 spiro atoms. The topological polar surface area (TPSA) is 154 Å². The van der Waals surface area contributed by atoms with Gasteiger partial charge in [0.05, 0.1) is 56.1 Å². The van der Waals surface area contributed by atoms with Gasteiger partial charge in [-0.15, -0.1) is 0 Å². The molecule has 2 amide bonds. The average Bonchev–Trinajstić information content (AvgIpc) is 2.82. The summed E-state index contributed by atoms with van der Waals surface area (Å²) in [5.74, 6) is -4.32. The molecule has 36 heavy (non-hydrogen) atoms. The van der Waals surface area contributed by atoms with Crippen LogP contribution in [0.5, 0.6) is 5.75 Å². The molecule has 15 heteroatoms. The van der Waals surface area contributed by atoms with Gasteiger partial charge in [-0.05, 0) is 18.2 Å². The Labute approximate surface area is 209 Å². The SMILES string of the molecule is COc1ccc(C(=O)Nc2c(F)cc([N+](=O)[O-])cc2Cl)cc1C(=O)Nc1c(F)cc([N+](=O)[O-])cc1Cl. The average molecular weight is 541 g/mol. The number of carbonyl (C=O) groups excluding carboxylic acids is 2. The van der Waals surface area contributed by atoms with E-state index in [4.69, 9.17) is 27.9 Å². The fraction of sp³-hybridized carbons (Fsp3) is 0.0476. The van der Waals surface area contributed by atoms with Crippen LogP contribution in [0.1, 0.15) is 20.7 Å². The number of nitrogens with one attached hydrogen (secondary N) is 2. The van der Waals surface area contributed by atoms with Gasteiger partial charge in [-0.1, -0.05) is 23.2 Å². The van der Waals surface area contributed by atoms with Crippen molar-refractivity contribution in [2.24, 2.45) is 0 Å². The van der Waals surface area contributed by atoms with E-state index in [-0.39, 0.29) is 16.9 Å². The number of hydrogen-bond donors (Lipinski definition) is 2. The summed E-state index contributed by atoms with van der Waals surface area (Å²) in [5, 5.41) is 25.1. The fourth-order valence-electron chi connectivity index (χ4n) is 2.96. The van der Waals surface area contributed by atoms with Crippen LogP contribution in [0, 0.1) is 31.9 Å². The molecule has 2 N–H and O–H groups in total. The van der Waals surface area contributed by atoms with Crippen molar-refractivity contribution in [1.82, 2.24) is 0 Å². The molecule has 3 aromatic carbocycles. The molecule has 0 saturated heterocycles. The first-order chi connectivity index (χ1) is 16.9. The summed E-state index contributed by atoms with van der Waals surface area (Å²) in [7, 11) is 1.22. The quantitative estimate of drug-likeness (QED) is 0.292. The van der Waals surface area contributed by atoms with E-state index in [2.05, 4.69) is 10.6 Å². The number of carbonyl (C=O) groups is 2. The molecular weight excluding hydrogens is 529 g/mol. The van der Waals surface area contributed by atoms with Crippen LogP contribution < -0.4 is 15.4 Å². The molecule has 0 bridgehead atoms. The van der Waals surface area contributed by atoms with Gasteiger partial charge in [0.1, 0.15) is 5.75 Å². The Balaban J connectivity index is 1.92. The van der Waals surface area contributed by atoms with Gasteiger partial charge in [0.15, 0.2) is 11.6 Å². The number of rotatable bonds is 7. The van der Waals surface area contributed by atoms with Gasteiger partial charge in [0.25, 0.3) is 23.2 Å². The minimum absolute atomic E-state index is 0.0398. The van der Waals surface area contributed by atoms with Crippen LogP contribution in [0.25, 0.3) is 0 Å². The molecule has 11 nitrogen and oxygen atoms in total. The van der Waals surface area contributed by atoms with Crippen molar-refractivity contribution in [1.29, 1.82) is 0 Å². The Bertz CT molecular complexity index is 1390. The number of nitro groups is 2. The zero-order valence-corrected chi connectivity index (χ0v) is 19.3. The number of halogens is 4. The van der Waals surface area contributed by atoms with E-state index >= 15 is 0 Å². The van der Waals surface area contributed by atoms with Gasteiger partial charge >= 0.3 is 0 Å². The monoisotopic (exact) mass is 540 g/mol. The molecule has 0 aliphatic heterocycles. The fourth-order valence-corrected chi connectivity index (χ4v) is 3.46. The van der Waals surface area contributed by atoms with Crippen molar-refractivity contribution in [2.45, 2.75) is 0 Å². The van der Waals surface area contributed by atoms with Crippen LogP contribution in [0.4, 0.5) is 31.5 Å². The Kier molecular flexibility index (Phi) is 7.65. The van der Waals surface area contributed by atoms with Gasteiger partial charge < -0.3 is 15.4 Å². The standard InChI is InChI=1S/C21H12Cl2F2N4O7/c1-36-17-3-2-9(20(30)26-18-13(22)5-10(28(32)33)7-15(18)24)4-12(17)21(31)27-19-14(23)6-11(29(34)35)8-16(19)25/h2-8H,1H3,(H,26,30)(H,27,31). The highest BCUT2D eigenvalue weighted by molar-refractivity contribution is 6.34. The number of hydrogen-bond acceptors (Lipinski definition) is 7. The minimum Gasteiger partial charge on any atom is -0.496 e. The highest BCUT2D eigenvalue weighted by Crippen LogP contribution is 2.33. The smallest absolute Gasteiger partial charge is 0.274 e. The first-order valence-corrected chi connectivity index (χ1v) is 10.3. The van der Waals surface area contributed by atoms with Gasteiger partial charge in [-0.2, -0.15) is 0 Å². The second-order valence-corrected chi connectivity index (χ2v) is 7.72. The molecule has 0 aliphatic rings. The zero-order chi connectivity index (χ0) is 26.7. The normalized spacial score (nSPS) is 10.5. The van der Waals surface area contributed by atoms with Crippen molar-refractivity contribution in [2.75, 3.05) is 17.7 Å². The van der Waals surface area contributed by atoms with E-state index in [0.29, 0.717) is 12.1 Å². The number of amides is 2. The number of nitrogens with zero attached hydrogens (tertiary/aromatic N) is 2. The molecule has 0 atom stereocenters. The van der Waals surface area contributed by atoms with Crippen molar-refractivity contribution < 1.29 is 33.0 Å². The van der Waals surface area contributed by atoms with Crippen LogP contribution in [0.2, 0.25) is 10.0 Å². The van der Waals surface area contributed by atoms with E-state index in [1.54, 1.807) is 0 Å². The van der Waals surface area contributed by atoms with Crippen LogP contribution in [-0.4, -0.2) is 28.8 Å². The number of ether oxygens (including phenoxy) is 1. The molecule has 0 radical (unpaired) electrons. The lowest BCUT2D eigenvalue weighted by atomic mass is 10.1. The van der Waals surface area contributed by atoms with Crippen molar-refractivity contribution >= 4 is 57.8 Å². The summed E-state index contributed by atoms with van der Waals surface area (Å²) in [6.45, 7) is 0. The molecule has 0 aromatic heterocycles. The summed E-state index contributed by atoms with van der Waals surface area (Å²) in [6.07, 6.45) is 0. The molecule has 0 aliphatic carbocycles. The predicted molar refractivity (Wildman–Crippen MR) is 125 cm³/mol. The van der Waals surface area contributed by atoms with Crippen LogP contribution in [0.15, 0.2) is 42.5 Å². The number of benzene rings is 3. The summed E-state index contributed by atoms with van der Waals surface area (Å²) in [4.78, 5) is 45.5. The third-order valence-electron chi connectivity index (χ3n) is 4.66. The lowest BCUT2D eigenvalue weighted by Gasteiger charge is -2.13. The van der Waals surface area contributed by atoms with Gasteiger partial charge in [0.2, 0.25) is 0 Å². The summed E-state index contributed by atoms with van der Waals surface area (Å²) < 4.78 is 33.7. The highest BCUT2D eigenvalue weighted by atomic mass is 35.5. The van der Waals surface area contributed by atoms with Gasteiger partial charge in [0, 0.05) is 17.7 Å². The Hall–Kier alpha value is -4.36. The second kappa shape index (κ2) is 10.5. The number of nitro benzene ring substituents is 2. The van der Waals surface area contributed by atoms with Crippen LogP contribution in [-0.2, 0) is 0 Å². The minimum atomic E-state index is -1.18. The van der Waals surface area contributed by atoms with Gasteiger partial charge in [-0.25, -0.2) is 8.78 Å². The molecule has 0 heterocycles. The largest absolute Gasteiger partial charge is 0.496 e. The van der Waals surface area contributed by atoms with Crippen LogP contribution >= 0.6 is 23.2 Å². The van der Waals surface area contributed by atoms with E-state index in [1.807, 2.05) is 0 Å². The maximum absolute atomic E-state index is 14.3. The number of non-ortho nitro benzene ring substituents is 2. The molecule has 0 saturated carbocycles. The molecule has 3 rings (SSSR count). The van der Waals surface area contributed by atoms with E-state index < -0.39 is 66.1 Å². The second-order valence-electron chi connectivity index (χ2n) is 6.91. The van der Waals surface area contributed by atoms with Gasteiger partial charge in [-0.3, -0.25) is 29.8 Å². The lowest BCUT2D eigenvalue weighted by molar-refractivity contribution is -0.385. The molecule has 186 valence electrons. The van der Waals surface area contributed by atoms with E-state index in [9.17, 15) is 38.6 Å². The molecule has 0 unspecified atom stereocenters. The lowest BCUT2D eigenvalue weighted by Crippen LogP contribution is -2.18. The predicted octanol–water partition coefficient (Wildman–Crippen LogP) is 5.60. The summed E-state index contributed by atoms with van der Waals surface area (Å²) in [5.41, 5.74) is -2.81. The molecule has 0 fully saturated rings. The summed E-state index contributed by atoms with van der Waals surface area (Å²) in [6, 6.07) is 6.30. The first-order valence-electron chi connectivity index (χ1n) is 9.50. The van der Waals surface area contributed by atoms with Crippen molar-refractivity contribution in [3.05, 3.63) is 95.5 Å². The third kappa shape index (κ3) is 5.47.